The second kappa shape index (κ2) is 4.31. The Balaban J connectivity index is 1.60. The van der Waals surface area contributed by atoms with Crippen molar-refractivity contribution in [1.29, 1.82) is 0 Å². The van der Waals surface area contributed by atoms with Crippen molar-refractivity contribution < 1.29 is 28.4 Å². The van der Waals surface area contributed by atoms with Gasteiger partial charge in [-0.1, -0.05) is 27.7 Å². The summed E-state index contributed by atoms with van der Waals surface area (Å²) in [6.45, 7) is 7.17. The maximum atomic E-state index is 12.6. The van der Waals surface area contributed by atoms with Gasteiger partial charge in [-0.2, -0.15) is 0 Å². The number of carbonyl (C=O) groups excluding carboxylic acids is 2. The zero-order valence-electron chi connectivity index (χ0n) is 15.5. The second-order valence-corrected chi connectivity index (χ2v) is 10.2. The molecule has 0 aromatic heterocycles. The summed E-state index contributed by atoms with van der Waals surface area (Å²) < 4.78 is 11.5. The minimum atomic E-state index is -2.59. The van der Waals surface area contributed by atoms with Gasteiger partial charge in [-0.15, -0.1) is 0 Å². The van der Waals surface area contributed by atoms with Crippen molar-refractivity contribution in [3.8, 4) is 0 Å². The summed E-state index contributed by atoms with van der Waals surface area (Å²) in [6, 6.07) is 0.157. The average molecular weight is 349 g/mol. The minimum Gasteiger partial charge on any atom is -0.613 e. The topological polar surface area (TPSA) is 76.1 Å². The van der Waals surface area contributed by atoms with Crippen molar-refractivity contribution in [2.24, 2.45) is 29.1 Å². The summed E-state index contributed by atoms with van der Waals surface area (Å²) in [5, 5.41) is 11.7. The van der Waals surface area contributed by atoms with Crippen LogP contribution in [0.25, 0.3) is 0 Å². The fourth-order valence-corrected chi connectivity index (χ4v) is 7.04. The van der Waals surface area contributed by atoms with Crippen molar-refractivity contribution in [3.63, 3.8) is 0 Å². The minimum absolute atomic E-state index is 0.0715. The lowest BCUT2D eigenvalue weighted by Gasteiger charge is -2.69. The van der Waals surface area contributed by atoms with Crippen LogP contribution < -0.4 is 0 Å². The van der Waals surface area contributed by atoms with E-state index in [1.807, 2.05) is 6.92 Å². The Labute approximate surface area is 148 Å². The number of hydrogen-bond acceptors (Lipinski definition) is 5. The summed E-state index contributed by atoms with van der Waals surface area (Å²) in [5.41, 5.74) is -0.517. The van der Waals surface area contributed by atoms with Gasteiger partial charge in [0.25, 0.3) is 5.97 Å². The molecule has 3 heterocycles. The van der Waals surface area contributed by atoms with E-state index in [-0.39, 0.29) is 22.8 Å². The van der Waals surface area contributed by atoms with E-state index in [4.69, 9.17) is 9.39 Å². The van der Waals surface area contributed by atoms with E-state index in [1.165, 1.54) is 6.42 Å². The first kappa shape index (κ1) is 16.3. The third-order valence-electron chi connectivity index (χ3n) is 8.99. The number of quaternary nitrogens is 1. The smallest absolute Gasteiger partial charge is 0.558 e. The second-order valence-electron chi connectivity index (χ2n) is 10.2. The van der Waals surface area contributed by atoms with E-state index >= 15 is 0 Å². The molecular weight excluding hydrogens is 321 g/mol. The van der Waals surface area contributed by atoms with Crippen LogP contribution in [-0.4, -0.2) is 59.1 Å². The maximum Gasteiger partial charge on any atom is 0.558 e. The molecule has 6 nitrogen and oxygen atoms in total. The first-order chi connectivity index (χ1) is 11.6. The molecule has 6 fully saturated rings. The van der Waals surface area contributed by atoms with Gasteiger partial charge in [0, 0.05) is 5.92 Å². The monoisotopic (exact) mass is 349 g/mol. The lowest BCUT2D eigenvalue weighted by Crippen LogP contribution is -2.83. The predicted molar refractivity (Wildman–Crippen MR) is 89.9 cm³/mol. The molecule has 0 spiro atoms. The van der Waals surface area contributed by atoms with E-state index in [0.29, 0.717) is 36.3 Å². The summed E-state index contributed by atoms with van der Waals surface area (Å²) in [5.74, 6) is 0.277. The van der Waals surface area contributed by atoms with E-state index in [1.54, 1.807) is 0 Å². The van der Waals surface area contributed by atoms with Gasteiger partial charge in [0.1, 0.15) is 6.54 Å². The number of ketones is 1. The van der Waals surface area contributed by atoms with Gasteiger partial charge in [0.15, 0.2) is 5.92 Å². The molecule has 0 radical (unpaired) electrons. The highest BCUT2D eigenvalue weighted by Crippen LogP contribution is 2.64. The summed E-state index contributed by atoms with van der Waals surface area (Å²) in [6.07, 6.45) is 2.23. The Hall–Kier alpha value is -0.915. The Kier molecular flexibility index (Phi) is 2.81. The van der Waals surface area contributed by atoms with Crippen LogP contribution in [0.4, 0.5) is 0 Å². The van der Waals surface area contributed by atoms with Crippen LogP contribution in [0.5, 0.6) is 0 Å². The van der Waals surface area contributed by atoms with Gasteiger partial charge >= 0.3 is 6.69 Å². The molecular formula is C18H28BNO5. The van der Waals surface area contributed by atoms with Crippen LogP contribution in [0.3, 0.4) is 0 Å². The molecule has 3 aliphatic heterocycles. The number of rotatable bonds is 2. The SMILES string of the molecule is C[C@@H]1C2C[C@@H](CC1[N@+]13CC(=O)C(C1)C(=O)O[B-]3(O)[C@@]1(C)CO1)C2(C)C. The van der Waals surface area contributed by atoms with Crippen LogP contribution in [0.2, 0.25) is 0 Å². The maximum absolute atomic E-state index is 12.6. The lowest BCUT2D eigenvalue weighted by atomic mass is 9.42. The first-order valence-corrected chi connectivity index (χ1v) is 9.68. The Morgan fingerprint density at radius 1 is 1.24 bits per heavy atom. The molecule has 7 heteroatoms. The molecule has 8 atom stereocenters. The quantitative estimate of drug-likeness (QED) is 0.455. The number of ether oxygens (including phenoxy) is 1. The van der Waals surface area contributed by atoms with Gasteiger partial charge in [0.2, 0.25) is 5.78 Å². The van der Waals surface area contributed by atoms with Crippen molar-refractivity contribution in [2.75, 3.05) is 19.7 Å². The van der Waals surface area contributed by atoms with Gasteiger partial charge < -0.3 is 18.8 Å². The zero-order chi connectivity index (χ0) is 18.0. The lowest BCUT2D eigenvalue weighted by molar-refractivity contribution is -0.873. The predicted octanol–water partition coefficient (Wildman–Crippen LogP) is 0.889. The first-order valence-electron chi connectivity index (χ1n) is 9.68. The Morgan fingerprint density at radius 3 is 2.48 bits per heavy atom. The van der Waals surface area contributed by atoms with Crippen molar-refractivity contribution in [2.45, 2.75) is 52.1 Å². The fraction of sp³-hybridized carbons (Fsp3) is 0.889. The molecule has 6 aliphatic rings. The molecule has 0 aromatic rings. The van der Waals surface area contributed by atoms with E-state index < -0.39 is 24.1 Å². The third kappa shape index (κ3) is 1.64. The highest BCUT2D eigenvalue weighted by atomic mass is 16.7. The Bertz CT molecular complexity index is 691. The molecule has 1 N–H and O–H groups in total. The highest BCUT2D eigenvalue weighted by molar-refractivity contribution is 6.65. The van der Waals surface area contributed by atoms with Crippen LogP contribution >= 0.6 is 0 Å². The summed E-state index contributed by atoms with van der Waals surface area (Å²) >= 11 is 0. The Morgan fingerprint density at radius 2 is 1.92 bits per heavy atom. The van der Waals surface area contributed by atoms with Gasteiger partial charge in [-0.25, -0.2) is 0 Å². The van der Waals surface area contributed by atoms with Crippen LogP contribution in [0.15, 0.2) is 0 Å². The summed E-state index contributed by atoms with van der Waals surface area (Å²) in [7, 11) is 0. The van der Waals surface area contributed by atoms with Crippen LogP contribution in [0, 0.1) is 29.1 Å². The third-order valence-corrected chi connectivity index (χ3v) is 8.99. The molecule has 3 aliphatic carbocycles. The van der Waals surface area contributed by atoms with Crippen molar-refractivity contribution in [3.05, 3.63) is 0 Å². The molecule has 138 valence electrons. The average Bonchev–Trinajstić information content (AvgIpc) is 3.20. The van der Waals surface area contributed by atoms with Gasteiger partial charge in [0.05, 0.1) is 24.7 Å². The van der Waals surface area contributed by atoms with Gasteiger partial charge in [-0.3, -0.25) is 9.59 Å². The van der Waals surface area contributed by atoms with E-state index in [0.717, 1.165) is 6.42 Å². The van der Waals surface area contributed by atoms with E-state index in [2.05, 4.69) is 20.8 Å². The number of fused-ring (bicyclic) bond motifs is 5. The standard InChI is InChI=1S/C18H28BNO5/c1-10-13-5-11(17(13,2)3)6-14(10)20-7-12(15(21)8-20)16(22)25-19(20,23)18(4)9-24-18/h10-14,23H,5-9H2,1-4H3/t10-,11+,12?,13?,14?,18-,19?,20-/m1/s1. The number of carbonyl (C=O) groups is 2. The van der Waals surface area contributed by atoms with Crippen LogP contribution in [-0.2, 0) is 19.0 Å². The molecule has 0 aromatic carbocycles. The van der Waals surface area contributed by atoms with Crippen molar-refractivity contribution >= 4 is 18.4 Å². The molecule has 0 amide bonds. The van der Waals surface area contributed by atoms with Crippen molar-refractivity contribution in [1.82, 2.24) is 0 Å². The fourth-order valence-electron chi connectivity index (χ4n) is 7.04. The van der Waals surface area contributed by atoms with Gasteiger partial charge in [-0.05, 0) is 30.1 Å². The number of epoxide rings is 1. The van der Waals surface area contributed by atoms with E-state index in [9.17, 15) is 14.6 Å². The van der Waals surface area contributed by atoms with Crippen LogP contribution in [0.1, 0.15) is 40.5 Å². The molecule has 6 rings (SSSR count). The highest BCUT2D eigenvalue weighted by Gasteiger charge is 2.78. The number of Topliss-reactive ketones (excluding diaryl/α,β-unsaturated/α-hetero) is 1. The summed E-state index contributed by atoms with van der Waals surface area (Å²) in [4.78, 5) is 25.0. The normalized spacial score (nSPS) is 58.5. The zero-order valence-corrected chi connectivity index (χ0v) is 15.5. The molecule has 4 bridgehead atoms. The molecule has 3 saturated heterocycles. The number of hydrogen-bond donors (Lipinski definition) is 1. The molecule has 4 unspecified atom stereocenters. The largest absolute Gasteiger partial charge is 0.613 e. The number of nitrogens with zero attached hydrogens (tertiary/aromatic N) is 1. The molecule has 25 heavy (non-hydrogen) atoms. The molecule has 3 saturated carbocycles.